The van der Waals surface area contributed by atoms with Gasteiger partial charge < -0.3 is 9.64 Å². The Morgan fingerprint density at radius 2 is 2.33 bits per heavy atom. The van der Waals surface area contributed by atoms with Gasteiger partial charge in [-0.3, -0.25) is 0 Å². The number of rotatable bonds is 7. The van der Waals surface area contributed by atoms with Crippen molar-refractivity contribution in [1.29, 1.82) is 0 Å². The molecule has 0 aromatic heterocycles. The average Bonchev–Trinajstić information content (AvgIpc) is 2.84. The van der Waals surface area contributed by atoms with Crippen LogP contribution in [0.2, 0.25) is 0 Å². The molecule has 0 bridgehead atoms. The summed E-state index contributed by atoms with van der Waals surface area (Å²) in [6.45, 7) is 4.20. The Morgan fingerprint density at radius 3 is 3.06 bits per heavy atom. The van der Waals surface area contributed by atoms with E-state index >= 15 is 0 Å². The van der Waals surface area contributed by atoms with Crippen molar-refractivity contribution in [3.63, 3.8) is 0 Å². The van der Waals surface area contributed by atoms with Crippen LogP contribution in [0.15, 0.2) is 12.4 Å². The minimum atomic E-state index is -0.172. The number of likely N-dealkylation sites (tertiary alicyclic amines) is 1. The fraction of sp³-hybridized carbons (Fsp3) is 0.786. The van der Waals surface area contributed by atoms with E-state index in [0.29, 0.717) is 18.9 Å². The number of carbonyl (C=O) groups is 1. The molecule has 3 nitrogen and oxygen atoms in total. The lowest BCUT2D eigenvalue weighted by atomic mass is 10.0. The maximum Gasteiger partial charge on any atom is 0.409 e. The molecule has 0 aromatic rings. The van der Waals surface area contributed by atoms with Gasteiger partial charge in [-0.05, 0) is 38.0 Å². The quantitative estimate of drug-likeness (QED) is 0.647. The van der Waals surface area contributed by atoms with Crippen LogP contribution in [0.25, 0.3) is 0 Å². The van der Waals surface area contributed by atoms with Crippen LogP contribution in [0.4, 0.5) is 9.18 Å². The van der Waals surface area contributed by atoms with E-state index < -0.39 is 0 Å². The highest BCUT2D eigenvalue weighted by Gasteiger charge is 2.26. The number of unbranched alkanes of at least 4 members (excludes halogenated alkanes) is 2. The number of ether oxygens (including phenoxy) is 1. The van der Waals surface area contributed by atoms with E-state index in [-0.39, 0.29) is 6.09 Å². The molecule has 4 heteroatoms. The molecule has 104 valence electrons. The maximum absolute atomic E-state index is 11.8. The molecule has 0 aromatic carbocycles. The molecule has 1 saturated heterocycles. The van der Waals surface area contributed by atoms with E-state index in [1.165, 1.54) is 0 Å². The summed E-state index contributed by atoms with van der Waals surface area (Å²) in [4.78, 5) is 13.5. The molecular formula is C14H24FNO2. The average molecular weight is 257 g/mol. The maximum atomic E-state index is 11.8. The Kier molecular flexibility index (Phi) is 7.46. The molecule has 1 rings (SSSR count). The zero-order valence-electron chi connectivity index (χ0n) is 11.2. The summed E-state index contributed by atoms with van der Waals surface area (Å²) >= 11 is 0. The molecule has 0 N–H and O–H groups in total. The van der Waals surface area contributed by atoms with E-state index in [2.05, 4.69) is 6.92 Å². The number of carbonyl (C=O) groups excluding carboxylic acids is 1. The summed E-state index contributed by atoms with van der Waals surface area (Å²) in [5.74, 6) is 0.553. The lowest BCUT2D eigenvalue weighted by Crippen LogP contribution is -2.29. The van der Waals surface area contributed by atoms with Crippen LogP contribution < -0.4 is 0 Å². The van der Waals surface area contributed by atoms with Gasteiger partial charge in [-0.2, -0.15) is 0 Å². The van der Waals surface area contributed by atoms with Gasteiger partial charge in [0.2, 0.25) is 0 Å². The Morgan fingerprint density at radius 1 is 1.50 bits per heavy atom. The SMILES string of the molecule is CCCCOC(=O)N1CC[C@H](CCCC=CF)C1. The largest absolute Gasteiger partial charge is 0.449 e. The predicted octanol–water partition coefficient (Wildman–Crippen LogP) is 3.90. The van der Waals surface area contributed by atoms with E-state index in [0.717, 1.165) is 51.6 Å². The highest BCUT2D eigenvalue weighted by molar-refractivity contribution is 5.67. The van der Waals surface area contributed by atoms with Crippen molar-refractivity contribution in [2.24, 2.45) is 5.92 Å². The second-order valence-corrected chi connectivity index (χ2v) is 4.86. The summed E-state index contributed by atoms with van der Waals surface area (Å²) in [6.07, 6.45) is 7.83. The smallest absolute Gasteiger partial charge is 0.409 e. The molecule has 0 radical (unpaired) electrons. The first-order chi connectivity index (χ1) is 8.77. The highest BCUT2D eigenvalue weighted by atomic mass is 19.1. The number of hydrogen-bond acceptors (Lipinski definition) is 2. The lowest BCUT2D eigenvalue weighted by molar-refractivity contribution is 0.108. The summed E-state index contributed by atoms with van der Waals surface area (Å²) < 4.78 is 16.9. The molecule has 1 atom stereocenters. The zero-order valence-corrected chi connectivity index (χ0v) is 11.2. The van der Waals surface area contributed by atoms with Crippen LogP contribution in [0.5, 0.6) is 0 Å². The molecule has 1 aliphatic heterocycles. The summed E-state index contributed by atoms with van der Waals surface area (Å²) in [6, 6.07) is 0. The third-order valence-electron chi connectivity index (χ3n) is 3.34. The molecular weight excluding hydrogens is 233 g/mol. The molecule has 0 aliphatic carbocycles. The molecule has 1 heterocycles. The van der Waals surface area contributed by atoms with Gasteiger partial charge >= 0.3 is 6.09 Å². The molecule has 18 heavy (non-hydrogen) atoms. The van der Waals surface area contributed by atoms with Gasteiger partial charge in [0.1, 0.15) is 0 Å². The number of allylic oxidation sites excluding steroid dienone is 1. The van der Waals surface area contributed by atoms with E-state index in [4.69, 9.17) is 4.74 Å². The third-order valence-corrected chi connectivity index (χ3v) is 3.34. The first-order valence-electron chi connectivity index (χ1n) is 6.94. The fourth-order valence-electron chi connectivity index (χ4n) is 2.22. The molecule has 0 spiro atoms. The second-order valence-electron chi connectivity index (χ2n) is 4.86. The minimum absolute atomic E-state index is 0.172. The molecule has 1 amide bonds. The highest BCUT2D eigenvalue weighted by Crippen LogP contribution is 2.22. The number of amides is 1. The molecule has 0 unspecified atom stereocenters. The molecule has 1 fully saturated rings. The Bertz CT molecular complexity index is 269. The summed E-state index contributed by atoms with van der Waals surface area (Å²) in [5, 5.41) is 0. The van der Waals surface area contributed by atoms with Crippen molar-refractivity contribution < 1.29 is 13.9 Å². The van der Waals surface area contributed by atoms with Crippen LogP contribution in [-0.4, -0.2) is 30.7 Å². The van der Waals surface area contributed by atoms with Crippen LogP contribution in [0.3, 0.4) is 0 Å². The van der Waals surface area contributed by atoms with Crippen molar-refractivity contribution in [3.05, 3.63) is 12.4 Å². The van der Waals surface area contributed by atoms with Crippen molar-refractivity contribution in [3.8, 4) is 0 Å². The van der Waals surface area contributed by atoms with E-state index in [1.807, 2.05) is 0 Å². The third kappa shape index (κ3) is 5.52. The summed E-state index contributed by atoms with van der Waals surface area (Å²) in [5.41, 5.74) is 0. The standard InChI is InChI=1S/C14H24FNO2/c1-2-3-11-18-14(17)16-10-8-13(12-16)7-5-4-6-9-15/h6,9,13H,2-5,7-8,10-12H2,1H3/t13-/m0/s1. The van der Waals surface area contributed by atoms with Crippen molar-refractivity contribution in [2.75, 3.05) is 19.7 Å². The van der Waals surface area contributed by atoms with Gasteiger partial charge in [-0.1, -0.05) is 19.4 Å². The van der Waals surface area contributed by atoms with Crippen molar-refractivity contribution in [2.45, 2.75) is 45.4 Å². The Hall–Kier alpha value is -1.06. The lowest BCUT2D eigenvalue weighted by Gasteiger charge is -2.16. The van der Waals surface area contributed by atoms with Gasteiger partial charge in [-0.15, -0.1) is 0 Å². The van der Waals surface area contributed by atoms with Crippen molar-refractivity contribution >= 4 is 6.09 Å². The first-order valence-corrected chi connectivity index (χ1v) is 6.94. The minimum Gasteiger partial charge on any atom is -0.449 e. The van der Waals surface area contributed by atoms with Gasteiger partial charge in [0.05, 0.1) is 12.9 Å². The monoisotopic (exact) mass is 257 g/mol. The van der Waals surface area contributed by atoms with Crippen molar-refractivity contribution in [1.82, 2.24) is 4.90 Å². The number of nitrogens with zero attached hydrogens (tertiary/aromatic N) is 1. The normalized spacial score (nSPS) is 19.7. The zero-order chi connectivity index (χ0) is 13.2. The van der Waals surface area contributed by atoms with Crippen LogP contribution >= 0.6 is 0 Å². The fourth-order valence-corrected chi connectivity index (χ4v) is 2.22. The van der Waals surface area contributed by atoms with E-state index in [1.54, 1.807) is 11.0 Å². The Labute approximate surface area is 109 Å². The first kappa shape index (κ1) is 15.0. The van der Waals surface area contributed by atoms with Crippen LogP contribution in [0.1, 0.15) is 45.4 Å². The van der Waals surface area contributed by atoms with Gasteiger partial charge in [-0.25, -0.2) is 9.18 Å². The summed E-state index contributed by atoms with van der Waals surface area (Å²) in [7, 11) is 0. The van der Waals surface area contributed by atoms with Gasteiger partial charge in [0.15, 0.2) is 0 Å². The van der Waals surface area contributed by atoms with Crippen LogP contribution in [-0.2, 0) is 4.74 Å². The predicted molar refractivity (Wildman–Crippen MR) is 70.0 cm³/mol. The second kappa shape index (κ2) is 8.95. The van der Waals surface area contributed by atoms with Gasteiger partial charge in [0.25, 0.3) is 0 Å². The van der Waals surface area contributed by atoms with E-state index in [9.17, 15) is 9.18 Å². The number of halogens is 1. The topological polar surface area (TPSA) is 29.5 Å². The molecule has 0 saturated carbocycles. The Balaban J connectivity index is 2.13. The number of hydrogen-bond donors (Lipinski definition) is 0. The van der Waals surface area contributed by atoms with Crippen LogP contribution in [0, 0.1) is 5.92 Å². The van der Waals surface area contributed by atoms with Gasteiger partial charge in [0, 0.05) is 13.1 Å². The molecule has 1 aliphatic rings.